The lowest BCUT2D eigenvalue weighted by Gasteiger charge is -2.22. The van der Waals surface area contributed by atoms with E-state index in [1.807, 2.05) is 11.6 Å². The number of nitrogens with two attached hydrogens (primary N) is 1. The zero-order valence-electron chi connectivity index (χ0n) is 9.73. The van der Waals surface area contributed by atoms with Gasteiger partial charge in [-0.15, -0.1) is 0 Å². The molecule has 0 radical (unpaired) electrons. The summed E-state index contributed by atoms with van der Waals surface area (Å²) in [6.07, 6.45) is 3.30. The molecule has 0 aliphatic heterocycles. The quantitative estimate of drug-likeness (QED) is 0.749. The summed E-state index contributed by atoms with van der Waals surface area (Å²) in [5.74, 6) is 0.930. The van der Waals surface area contributed by atoms with Gasteiger partial charge in [0.2, 0.25) is 0 Å². The van der Waals surface area contributed by atoms with Crippen LogP contribution in [0.25, 0.3) is 0 Å². The lowest BCUT2D eigenvalue weighted by molar-refractivity contribution is 0.139. The molecular weight excluding hydrogens is 192 g/mol. The fourth-order valence-corrected chi connectivity index (χ4v) is 1.57. The molecule has 1 unspecified atom stereocenters. The third-order valence-electron chi connectivity index (χ3n) is 2.17. The van der Waals surface area contributed by atoms with Crippen LogP contribution in [0.3, 0.4) is 0 Å². The van der Waals surface area contributed by atoms with E-state index in [1.54, 1.807) is 13.4 Å². The summed E-state index contributed by atoms with van der Waals surface area (Å²) in [5, 5.41) is 4.16. The van der Waals surface area contributed by atoms with Gasteiger partial charge in [0, 0.05) is 25.6 Å². The Morgan fingerprint density at radius 2 is 2.33 bits per heavy atom. The van der Waals surface area contributed by atoms with Crippen molar-refractivity contribution in [2.45, 2.75) is 38.8 Å². The zero-order valence-corrected chi connectivity index (χ0v) is 9.73. The standard InChI is InChI=1S/C10H20N4O/c1-4-5-14-9(12-8-13-14)6-10(2,11)7-15-3/h8H,4-7,11H2,1-3H3. The number of ether oxygens (including phenoxy) is 1. The summed E-state index contributed by atoms with van der Waals surface area (Å²) >= 11 is 0. The second kappa shape index (κ2) is 5.23. The molecule has 2 N–H and O–H groups in total. The van der Waals surface area contributed by atoms with Gasteiger partial charge in [-0.1, -0.05) is 6.92 Å². The molecule has 0 aromatic carbocycles. The highest BCUT2D eigenvalue weighted by Gasteiger charge is 2.21. The van der Waals surface area contributed by atoms with Gasteiger partial charge in [-0.25, -0.2) is 4.98 Å². The Bertz CT molecular complexity index is 295. The maximum atomic E-state index is 6.08. The van der Waals surface area contributed by atoms with Crippen LogP contribution in [0.1, 0.15) is 26.1 Å². The van der Waals surface area contributed by atoms with Crippen molar-refractivity contribution in [2.75, 3.05) is 13.7 Å². The van der Waals surface area contributed by atoms with Gasteiger partial charge in [0.15, 0.2) is 0 Å². The van der Waals surface area contributed by atoms with E-state index in [9.17, 15) is 0 Å². The molecule has 5 nitrogen and oxygen atoms in total. The van der Waals surface area contributed by atoms with E-state index in [4.69, 9.17) is 10.5 Å². The average Bonchev–Trinajstić information content (AvgIpc) is 2.52. The first-order chi connectivity index (χ1) is 7.09. The van der Waals surface area contributed by atoms with E-state index in [0.29, 0.717) is 13.0 Å². The van der Waals surface area contributed by atoms with E-state index in [1.165, 1.54) is 0 Å². The Morgan fingerprint density at radius 3 is 2.93 bits per heavy atom. The molecule has 1 aromatic rings. The van der Waals surface area contributed by atoms with Crippen molar-refractivity contribution in [2.24, 2.45) is 5.73 Å². The predicted molar refractivity (Wildman–Crippen MR) is 58.5 cm³/mol. The van der Waals surface area contributed by atoms with Gasteiger partial charge in [-0.2, -0.15) is 5.10 Å². The fourth-order valence-electron chi connectivity index (χ4n) is 1.57. The number of nitrogens with zero attached hydrogens (tertiary/aromatic N) is 3. The van der Waals surface area contributed by atoms with E-state index in [0.717, 1.165) is 18.8 Å². The first-order valence-electron chi connectivity index (χ1n) is 5.23. The van der Waals surface area contributed by atoms with Crippen molar-refractivity contribution < 1.29 is 4.74 Å². The Labute approximate surface area is 90.6 Å². The number of hydrogen-bond acceptors (Lipinski definition) is 4. The van der Waals surface area contributed by atoms with Gasteiger partial charge in [0.05, 0.1) is 6.61 Å². The Kier molecular flexibility index (Phi) is 4.23. The summed E-state index contributed by atoms with van der Waals surface area (Å²) in [6.45, 7) is 5.48. The molecule has 0 amide bonds. The summed E-state index contributed by atoms with van der Waals surface area (Å²) in [4.78, 5) is 4.22. The molecule has 0 bridgehead atoms. The smallest absolute Gasteiger partial charge is 0.138 e. The van der Waals surface area contributed by atoms with Crippen LogP contribution in [0.2, 0.25) is 0 Å². The summed E-state index contributed by atoms with van der Waals surface area (Å²) < 4.78 is 6.98. The Hall–Kier alpha value is -0.940. The van der Waals surface area contributed by atoms with Crippen molar-refractivity contribution in [3.63, 3.8) is 0 Å². The molecule has 0 aliphatic rings. The Morgan fingerprint density at radius 1 is 1.60 bits per heavy atom. The van der Waals surface area contributed by atoms with E-state index in [-0.39, 0.29) is 5.54 Å². The van der Waals surface area contributed by atoms with Crippen molar-refractivity contribution in [3.05, 3.63) is 12.2 Å². The normalized spacial score (nSPS) is 15.2. The van der Waals surface area contributed by atoms with Gasteiger partial charge in [-0.05, 0) is 13.3 Å². The molecule has 0 saturated carbocycles. The lowest BCUT2D eigenvalue weighted by atomic mass is 10.0. The average molecular weight is 212 g/mol. The summed E-state index contributed by atoms with van der Waals surface area (Å²) in [5.41, 5.74) is 5.70. The van der Waals surface area contributed by atoms with Gasteiger partial charge >= 0.3 is 0 Å². The van der Waals surface area contributed by atoms with Gasteiger partial charge in [0.25, 0.3) is 0 Å². The van der Waals surface area contributed by atoms with Crippen LogP contribution in [0, 0.1) is 0 Å². The van der Waals surface area contributed by atoms with Crippen molar-refractivity contribution in [1.82, 2.24) is 14.8 Å². The number of aryl methyl sites for hydroxylation is 1. The van der Waals surface area contributed by atoms with E-state index in [2.05, 4.69) is 17.0 Å². The topological polar surface area (TPSA) is 66.0 Å². The van der Waals surface area contributed by atoms with E-state index < -0.39 is 0 Å². The molecule has 0 spiro atoms. The molecule has 1 rings (SSSR count). The maximum Gasteiger partial charge on any atom is 0.138 e. The van der Waals surface area contributed by atoms with Gasteiger partial charge in [0.1, 0.15) is 12.2 Å². The van der Waals surface area contributed by atoms with Crippen LogP contribution in [-0.4, -0.2) is 34.0 Å². The predicted octanol–water partition coefficient (Wildman–Crippen LogP) is 0.594. The first-order valence-corrected chi connectivity index (χ1v) is 5.23. The number of methoxy groups -OCH3 is 1. The van der Waals surface area contributed by atoms with Crippen LogP contribution < -0.4 is 5.73 Å². The molecular formula is C10H20N4O. The molecule has 86 valence electrons. The van der Waals surface area contributed by atoms with Crippen LogP contribution in [0.5, 0.6) is 0 Å². The molecule has 1 heterocycles. The SMILES string of the molecule is CCCn1ncnc1CC(C)(N)COC. The Balaban J connectivity index is 2.66. The largest absolute Gasteiger partial charge is 0.383 e. The van der Waals surface area contributed by atoms with Crippen LogP contribution in [0.4, 0.5) is 0 Å². The van der Waals surface area contributed by atoms with Crippen molar-refractivity contribution in [1.29, 1.82) is 0 Å². The highest BCUT2D eigenvalue weighted by atomic mass is 16.5. The maximum absolute atomic E-state index is 6.08. The second-order valence-corrected chi connectivity index (χ2v) is 4.16. The molecule has 0 fully saturated rings. The van der Waals surface area contributed by atoms with E-state index >= 15 is 0 Å². The number of aromatic nitrogens is 3. The molecule has 0 saturated heterocycles. The minimum absolute atomic E-state index is 0.382. The minimum Gasteiger partial charge on any atom is -0.383 e. The molecule has 15 heavy (non-hydrogen) atoms. The van der Waals surface area contributed by atoms with Gasteiger partial charge in [-0.3, -0.25) is 4.68 Å². The van der Waals surface area contributed by atoms with Crippen molar-refractivity contribution in [3.8, 4) is 0 Å². The summed E-state index contributed by atoms with van der Waals surface area (Å²) in [7, 11) is 1.65. The number of hydrogen-bond donors (Lipinski definition) is 1. The minimum atomic E-state index is -0.382. The van der Waals surface area contributed by atoms with Crippen LogP contribution in [0.15, 0.2) is 6.33 Å². The second-order valence-electron chi connectivity index (χ2n) is 4.16. The first kappa shape index (κ1) is 12.1. The van der Waals surface area contributed by atoms with Crippen molar-refractivity contribution >= 4 is 0 Å². The lowest BCUT2D eigenvalue weighted by Crippen LogP contribution is -2.43. The third-order valence-corrected chi connectivity index (χ3v) is 2.17. The molecule has 5 heteroatoms. The zero-order chi connectivity index (χ0) is 11.3. The third kappa shape index (κ3) is 3.60. The fraction of sp³-hybridized carbons (Fsp3) is 0.800. The van der Waals surface area contributed by atoms with Crippen LogP contribution >= 0.6 is 0 Å². The highest BCUT2D eigenvalue weighted by molar-refractivity contribution is 4.95. The van der Waals surface area contributed by atoms with Crippen LogP contribution in [-0.2, 0) is 17.7 Å². The highest BCUT2D eigenvalue weighted by Crippen LogP contribution is 2.09. The molecule has 1 aromatic heterocycles. The van der Waals surface area contributed by atoms with Gasteiger partial charge < -0.3 is 10.5 Å². The molecule has 1 atom stereocenters. The monoisotopic (exact) mass is 212 g/mol. The summed E-state index contributed by atoms with van der Waals surface area (Å²) in [6, 6.07) is 0. The number of rotatable bonds is 6. The molecule has 0 aliphatic carbocycles.